The molecule has 9 heteroatoms. The third kappa shape index (κ3) is 3.53. The molecule has 8 nitrogen and oxygen atoms in total. The number of hydrogen-bond donors (Lipinski definition) is 1. The summed E-state index contributed by atoms with van der Waals surface area (Å²) >= 11 is 0. The summed E-state index contributed by atoms with van der Waals surface area (Å²) < 4.78 is 22.7. The van der Waals surface area contributed by atoms with Crippen LogP contribution in [0.2, 0.25) is 0 Å². The van der Waals surface area contributed by atoms with E-state index in [1.54, 1.807) is 41.1 Å². The first-order valence-electron chi connectivity index (χ1n) is 9.96. The Morgan fingerprint density at radius 1 is 1.06 bits per heavy atom. The molecule has 0 aliphatic heterocycles. The average molecular weight is 429 g/mol. The molecule has 0 aliphatic carbocycles. The lowest BCUT2D eigenvalue weighted by Crippen LogP contribution is -2.01. The number of benzene rings is 2. The molecular formula is C23H20FN7O. The van der Waals surface area contributed by atoms with Gasteiger partial charge in [-0.1, -0.05) is 6.07 Å². The molecule has 0 bridgehead atoms. The Hall–Kier alpha value is -4.27. The predicted octanol–water partition coefficient (Wildman–Crippen LogP) is 4.49. The molecular weight excluding hydrogens is 409 g/mol. The summed E-state index contributed by atoms with van der Waals surface area (Å²) in [6.07, 6.45) is 5.12. The maximum Gasteiger partial charge on any atom is 0.177 e. The number of ether oxygens (including phenoxy) is 1. The molecule has 5 aromatic rings. The van der Waals surface area contributed by atoms with Gasteiger partial charge >= 0.3 is 0 Å². The SMILES string of the molecule is COc1cc(Nc2ccnn3cc(-c4cc(F)ccc4C)nc23)ccc1-n1cnc(C)n1. The van der Waals surface area contributed by atoms with Crippen LogP contribution in [0, 0.1) is 19.7 Å². The van der Waals surface area contributed by atoms with Crippen LogP contribution in [0.1, 0.15) is 11.4 Å². The van der Waals surface area contributed by atoms with E-state index in [0.717, 1.165) is 28.2 Å². The first kappa shape index (κ1) is 19.7. The Kier molecular flexibility index (Phi) is 4.78. The number of fused-ring (bicyclic) bond motifs is 1. The quantitative estimate of drug-likeness (QED) is 0.443. The lowest BCUT2D eigenvalue weighted by atomic mass is 10.1. The highest BCUT2D eigenvalue weighted by atomic mass is 19.1. The zero-order chi connectivity index (χ0) is 22.2. The molecule has 0 spiro atoms. The highest BCUT2D eigenvalue weighted by Crippen LogP contribution is 2.30. The molecule has 0 radical (unpaired) electrons. The third-order valence-electron chi connectivity index (χ3n) is 5.15. The zero-order valence-corrected chi connectivity index (χ0v) is 17.7. The van der Waals surface area contributed by atoms with E-state index >= 15 is 0 Å². The first-order chi connectivity index (χ1) is 15.5. The predicted molar refractivity (Wildman–Crippen MR) is 119 cm³/mol. The van der Waals surface area contributed by atoms with Gasteiger partial charge in [-0.25, -0.2) is 23.6 Å². The van der Waals surface area contributed by atoms with Crippen molar-refractivity contribution < 1.29 is 9.13 Å². The van der Waals surface area contributed by atoms with Crippen molar-refractivity contribution in [2.24, 2.45) is 0 Å². The van der Waals surface area contributed by atoms with Crippen LogP contribution in [0.3, 0.4) is 0 Å². The van der Waals surface area contributed by atoms with Crippen molar-refractivity contribution in [3.8, 4) is 22.7 Å². The van der Waals surface area contributed by atoms with Gasteiger partial charge in [-0.3, -0.25) is 0 Å². The van der Waals surface area contributed by atoms with Crippen LogP contribution >= 0.6 is 0 Å². The van der Waals surface area contributed by atoms with Crippen LogP contribution in [0.25, 0.3) is 22.6 Å². The second-order valence-corrected chi connectivity index (χ2v) is 7.35. The minimum absolute atomic E-state index is 0.302. The van der Waals surface area contributed by atoms with Crippen LogP contribution in [0.5, 0.6) is 5.75 Å². The van der Waals surface area contributed by atoms with Crippen molar-refractivity contribution in [2.75, 3.05) is 12.4 Å². The summed E-state index contributed by atoms with van der Waals surface area (Å²) in [5.74, 6) is 1.02. The molecule has 0 amide bonds. The molecule has 0 fully saturated rings. The van der Waals surface area contributed by atoms with Crippen molar-refractivity contribution >= 4 is 17.0 Å². The average Bonchev–Trinajstić information content (AvgIpc) is 3.42. The van der Waals surface area contributed by atoms with Gasteiger partial charge in [0.25, 0.3) is 0 Å². The van der Waals surface area contributed by atoms with Crippen LogP contribution in [-0.4, -0.2) is 36.5 Å². The number of imidazole rings is 1. The number of aromatic nitrogens is 6. The molecule has 0 aliphatic rings. The van der Waals surface area contributed by atoms with E-state index in [1.165, 1.54) is 12.1 Å². The summed E-state index contributed by atoms with van der Waals surface area (Å²) in [4.78, 5) is 8.88. The monoisotopic (exact) mass is 429 g/mol. The fourth-order valence-electron chi connectivity index (χ4n) is 3.56. The maximum absolute atomic E-state index is 13.8. The summed E-state index contributed by atoms with van der Waals surface area (Å²) in [7, 11) is 1.61. The summed E-state index contributed by atoms with van der Waals surface area (Å²) in [6, 6.07) is 12.2. The van der Waals surface area contributed by atoms with Crippen LogP contribution in [0.15, 0.2) is 61.2 Å². The van der Waals surface area contributed by atoms with E-state index in [4.69, 9.17) is 9.72 Å². The molecule has 0 saturated heterocycles. The van der Waals surface area contributed by atoms with Gasteiger partial charge in [0.15, 0.2) is 5.65 Å². The lowest BCUT2D eigenvalue weighted by molar-refractivity contribution is 0.412. The summed E-state index contributed by atoms with van der Waals surface area (Å²) in [5.41, 5.74) is 5.29. The number of rotatable bonds is 5. The molecule has 0 unspecified atom stereocenters. The van der Waals surface area contributed by atoms with Crippen molar-refractivity contribution in [3.05, 3.63) is 78.4 Å². The van der Waals surface area contributed by atoms with Crippen molar-refractivity contribution in [2.45, 2.75) is 13.8 Å². The van der Waals surface area contributed by atoms with Crippen LogP contribution in [0.4, 0.5) is 15.8 Å². The smallest absolute Gasteiger partial charge is 0.177 e. The van der Waals surface area contributed by atoms with Gasteiger partial charge in [0.05, 0.1) is 30.9 Å². The van der Waals surface area contributed by atoms with Crippen LogP contribution in [-0.2, 0) is 0 Å². The van der Waals surface area contributed by atoms with E-state index in [9.17, 15) is 4.39 Å². The zero-order valence-electron chi connectivity index (χ0n) is 17.7. The van der Waals surface area contributed by atoms with Gasteiger partial charge in [-0.15, -0.1) is 0 Å². The van der Waals surface area contributed by atoms with Crippen molar-refractivity contribution in [1.29, 1.82) is 0 Å². The highest BCUT2D eigenvalue weighted by molar-refractivity contribution is 5.77. The third-order valence-corrected chi connectivity index (χ3v) is 5.15. The minimum atomic E-state index is -0.302. The van der Waals surface area contributed by atoms with Crippen molar-refractivity contribution in [1.82, 2.24) is 29.4 Å². The van der Waals surface area contributed by atoms with Gasteiger partial charge in [0.2, 0.25) is 0 Å². The molecule has 5 rings (SSSR count). The second-order valence-electron chi connectivity index (χ2n) is 7.35. The van der Waals surface area contributed by atoms with Gasteiger partial charge in [-0.05, 0) is 49.7 Å². The molecule has 160 valence electrons. The number of nitrogens with one attached hydrogen (secondary N) is 1. The Labute approximate surface area is 183 Å². The van der Waals surface area contributed by atoms with Gasteiger partial charge in [0.1, 0.15) is 29.4 Å². The molecule has 1 N–H and O–H groups in total. The number of halogens is 1. The minimum Gasteiger partial charge on any atom is -0.494 e. The molecule has 3 aromatic heterocycles. The molecule has 0 saturated carbocycles. The van der Waals surface area contributed by atoms with E-state index in [-0.39, 0.29) is 5.82 Å². The van der Waals surface area contributed by atoms with Crippen molar-refractivity contribution in [3.63, 3.8) is 0 Å². The number of aryl methyl sites for hydroxylation is 2. The van der Waals surface area contributed by atoms with E-state index in [2.05, 4.69) is 20.5 Å². The summed E-state index contributed by atoms with van der Waals surface area (Å²) in [6.45, 7) is 3.76. The standard InChI is InChI=1S/C23H20FN7O/c1-14-4-5-16(24)10-18(14)20-12-30-23(28-20)19(8-9-26-30)27-17-6-7-21(22(11-17)32-3)31-13-25-15(2)29-31/h4-13,27H,1-3H3. The Morgan fingerprint density at radius 2 is 1.94 bits per heavy atom. The van der Waals surface area contributed by atoms with Gasteiger partial charge in [-0.2, -0.15) is 10.2 Å². The second kappa shape index (κ2) is 7.77. The normalized spacial score (nSPS) is 11.1. The molecule has 3 heterocycles. The molecule has 0 atom stereocenters. The highest BCUT2D eigenvalue weighted by Gasteiger charge is 2.13. The fraction of sp³-hybridized carbons (Fsp3) is 0.130. The maximum atomic E-state index is 13.8. The van der Waals surface area contributed by atoms with E-state index < -0.39 is 0 Å². The van der Waals surface area contributed by atoms with E-state index in [1.807, 2.05) is 38.1 Å². The Bertz CT molecular complexity index is 1440. The first-order valence-corrected chi connectivity index (χ1v) is 9.96. The number of nitrogens with zero attached hydrogens (tertiary/aromatic N) is 6. The Balaban J connectivity index is 1.52. The van der Waals surface area contributed by atoms with Gasteiger partial charge < -0.3 is 10.1 Å². The van der Waals surface area contributed by atoms with Gasteiger partial charge in [0, 0.05) is 17.3 Å². The molecule has 32 heavy (non-hydrogen) atoms. The summed E-state index contributed by atoms with van der Waals surface area (Å²) in [5, 5.41) is 12.1. The number of anilines is 2. The van der Waals surface area contributed by atoms with E-state index in [0.29, 0.717) is 22.9 Å². The topological polar surface area (TPSA) is 82.2 Å². The largest absolute Gasteiger partial charge is 0.494 e. The molecule has 2 aromatic carbocycles. The Morgan fingerprint density at radius 3 is 2.72 bits per heavy atom. The van der Waals surface area contributed by atoms with Crippen LogP contribution < -0.4 is 10.1 Å². The fourth-order valence-corrected chi connectivity index (χ4v) is 3.56. The number of hydrogen-bond acceptors (Lipinski definition) is 6. The lowest BCUT2D eigenvalue weighted by Gasteiger charge is -2.12. The number of methoxy groups -OCH3 is 1.